The van der Waals surface area contributed by atoms with Crippen molar-refractivity contribution in [2.75, 3.05) is 0 Å². The summed E-state index contributed by atoms with van der Waals surface area (Å²) in [6, 6.07) is 5.57. The lowest BCUT2D eigenvalue weighted by Gasteiger charge is -2.33. The van der Waals surface area contributed by atoms with Gasteiger partial charge in [-0.15, -0.1) is 0 Å². The first-order chi connectivity index (χ1) is 8.49. The SMILES string of the molecule is CC(c1ccccn1)C(O)C1CCC(F)(F)CC1. The van der Waals surface area contributed by atoms with E-state index in [1.54, 1.807) is 6.20 Å². The number of hydrogen-bond donors (Lipinski definition) is 1. The zero-order valence-electron chi connectivity index (χ0n) is 10.5. The quantitative estimate of drug-likeness (QED) is 0.898. The van der Waals surface area contributed by atoms with Gasteiger partial charge < -0.3 is 5.11 Å². The fourth-order valence-corrected chi connectivity index (χ4v) is 2.63. The zero-order chi connectivity index (χ0) is 13.2. The van der Waals surface area contributed by atoms with E-state index >= 15 is 0 Å². The molecule has 0 radical (unpaired) electrons. The molecule has 100 valence electrons. The van der Waals surface area contributed by atoms with E-state index in [9.17, 15) is 13.9 Å². The summed E-state index contributed by atoms with van der Waals surface area (Å²) in [4.78, 5) is 4.22. The van der Waals surface area contributed by atoms with Gasteiger partial charge in [-0.1, -0.05) is 13.0 Å². The molecule has 4 heteroatoms. The van der Waals surface area contributed by atoms with Gasteiger partial charge in [0.1, 0.15) is 0 Å². The molecule has 0 bridgehead atoms. The summed E-state index contributed by atoms with van der Waals surface area (Å²) >= 11 is 0. The van der Waals surface area contributed by atoms with Crippen molar-refractivity contribution in [1.29, 1.82) is 0 Å². The summed E-state index contributed by atoms with van der Waals surface area (Å²) in [7, 11) is 0. The molecule has 1 aliphatic carbocycles. The van der Waals surface area contributed by atoms with Crippen LogP contribution < -0.4 is 0 Å². The summed E-state index contributed by atoms with van der Waals surface area (Å²) in [5, 5.41) is 10.3. The van der Waals surface area contributed by atoms with Crippen LogP contribution in [0.15, 0.2) is 24.4 Å². The van der Waals surface area contributed by atoms with Crippen LogP contribution in [0.2, 0.25) is 0 Å². The molecule has 2 nitrogen and oxygen atoms in total. The van der Waals surface area contributed by atoms with Gasteiger partial charge in [0.25, 0.3) is 0 Å². The largest absolute Gasteiger partial charge is 0.392 e. The second-order valence-corrected chi connectivity index (χ2v) is 5.23. The van der Waals surface area contributed by atoms with E-state index in [4.69, 9.17) is 0 Å². The minimum atomic E-state index is -2.54. The maximum atomic E-state index is 13.1. The molecular formula is C14H19F2NO. The number of halogens is 2. The van der Waals surface area contributed by atoms with Crippen LogP contribution in [0.1, 0.15) is 44.2 Å². The molecule has 1 aromatic heterocycles. The average molecular weight is 255 g/mol. The molecule has 2 atom stereocenters. The van der Waals surface area contributed by atoms with Crippen LogP contribution in [0, 0.1) is 5.92 Å². The van der Waals surface area contributed by atoms with Crippen LogP contribution >= 0.6 is 0 Å². The Labute approximate surface area is 106 Å². The fourth-order valence-electron chi connectivity index (χ4n) is 2.63. The Morgan fingerprint density at radius 2 is 2.00 bits per heavy atom. The van der Waals surface area contributed by atoms with Gasteiger partial charge in [0.15, 0.2) is 0 Å². The molecule has 0 amide bonds. The fraction of sp³-hybridized carbons (Fsp3) is 0.643. The number of pyridine rings is 1. The van der Waals surface area contributed by atoms with Crippen molar-refractivity contribution >= 4 is 0 Å². The Kier molecular flexibility index (Phi) is 3.95. The molecule has 1 N–H and O–H groups in total. The second kappa shape index (κ2) is 5.31. The average Bonchev–Trinajstić information content (AvgIpc) is 2.38. The molecule has 0 aromatic carbocycles. The predicted octanol–water partition coefficient (Wildman–Crippen LogP) is 3.37. The summed E-state index contributed by atoms with van der Waals surface area (Å²) in [5.41, 5.74) is 0.822. The molecule has 1 heterocycles. The van der Waals surface area contributed by atoms with Crippen molar-refractivity contribution in [1.82, 2.24) is 4.98 Å². The number of aliphatic hydroxyl groups is 1. The van der Waals surface area contributed by atoms with Crippen molar-refractivity contribution in [3.8, 4) is 0 Å². The monoisotopic (exact) mass is 255 g/mol. The van der Waals surface area contributed by atoms with Crippen LogP contribution in [0.5, 0.6) is 0 Å². The van der Waals surface area contributed by atoms with Crippen LogP contribution in [0.25, 0.3) is 0 Å². The molecule has 1 fully saturated rings. The second-order valence-electron chi connectivity index (χ2n) is 5.23. The first kappa shape index (κ1) is 13.4. The third-order valence-corrected chi connectivity index (χ3v) is 3.91. The molecule has 1 aromatic rings. The van der Waals surface area contributed by atoms with Crippen LogP contribution in [-0.2, 0) is 0 Å². The first-order valence-electron chi connectivity index (χ1n) is 6.46. The molecule has 2 rings (SSSR count). The van der Waals surface area contributed by atoms with E-state index in [-0.39, 0.29) is 24.7 Å². The molecule has 1 aliphatic rings. The van der Waals surface area contributed by atoms with Gasteiger partial charge in [-0.3, -0.25) is 4.98 Å². The van der Waals surface area contributed by atoms with E-state index in [0.29, 0.717) is 12.8 Å². The lowest BCUT2D eigenvalue weighted by molar-refractivity contribution is -0.0649. The lowest BCUT2D eigenvalue weighted by atomic mass is 9.78. The Bertz CT molecular complexity index is 373. The Balaban J connectivity index is 1.98. The van der Waals surface area contributed by atoms with Gasteiger partial charge in [0, 0.05) is 30.7 Å². The van der Waals surface area contributed by atoms with Crippen molar-refractivity contribution in [3.05, 3.63) is 30.1 Å². The Morgan fingerprint density at radius 3 is 2.56 bits per heavy atom. The maximum Gasteiger partial charge on any atom is 0.248 e. The number of nitrogens with zero attached hydrogens (tertiary/aromatic N) is 1. The molecule has 0 spiro atoms. The third kappa shape index (κ3) is 3.05. The molecule has 0 saturated heterocycles. The molecule has 2 unspecified atom stereocenters. The highest BCUT2D eigenvalue weighted by Gasteiger charge is 2.38. The van der Waals surface area contributed by atoms with Crippen LogP contribution in [0.4, 0.5) is 8.78 Å². The highest BCUT2D eigenvalue weighted by atomic mass is 19.3. The lowest BCUT2D eigenvalue weighted by Crippen LogP contribution is -2.33. The molecule has 1 saturated carbocycles. The number of rotatable bonds is 3. The number of aromatic nitrogens is 1. The molecule has 18 heavy (non-hydrogen) atoms. The van der Waals surface area contributed by atoms with E-state index < -0.39 is 12.0 Å². The molecule has 0 aliphatic heterocycles. The van der Waals surface area contributed by atoms with E-state index in [0.717, 1.165) is 5.69 Å². The van der Waals surface area contributed by atoms with Gasteiger partial charge in [-0.2, -0.15) is 0 Å². The highest BCUT2D eigenvalue weighted by molar-refractivity contribution is 5.10. The van der Waals surface area contributed by atoms with Crippen molar-refractivity contribution < 1.29 is 13.9 Å². The summed E-state index contributed by atoms with van der Waals surface area (Å²) in [6.07, 6.45) is 1.67. The molecular weight excluding hydrogens is 236 g/mol. The summed E-state index contributed by atoms with van der Waals surface area (Å²) in [5.74, 6) is -2.69. The number of aliphatic hydroxyl groups excluding tert-OH is 1. The summed E-state index contributed by atoms with van der Waals surface area (Å²) in [6.45, 7) is 1.90. The standard InChI is InChI=1S/C14H19F2NO/c1-10(12-4-2-3-9-17-12)13(18)11-5-7-14(15,16)8-6-11/h2-4,9-11,13,18H,5-8H2,1H3. The third-order valence-electron chi connectivity index (χ3n) is 3.91. The smallest absolute Gasteiger partial charge is 0.248 e. The zero-order valence-corrected chi connectivity index (χ0v) is 10.5. The first-order valence-corrected chi connectivity index (χ1v) is 6.46. The van der Waals surface area contributed by atoms with Gasteiger partial charge in [-0.25, -0.2) is 8.78 Å². The van der Waals surface area contributed by atoms with Gasteiger partial charge in [0.05, 0.1) is 6.10 Å². The Hall–Kier alpha value is -1.03. The van der Waals surface area contributed by atoms with E-state index in [1.165, 1.54) is 0 Å². The highest BCUT2D eigenvalue weighted by Crippen LogP contribution is 2.39. The minimum absolute atomic E-state index is 0.0402. The Morgan fingerprint density at radius 1 is 1.33 bits per heavy atom. The predicted molar refractivity (Wildman–Crippen MR) is 65.6 cm³/mol. The maximum absolute atomic E-state index is 13.1. The van der Waals surface area contributed by atoms with Gasteiger partial charge in [0.2, 0.25) is 5.92 Å². The van der Waals surface area contributed by atoms with E-state index in [2.05, 4.69) is 4.98 Å². The number of alkyl halides is 2. The van der Waals surface area contributed by atoms with Gasteiger partial charge in [-0.05, 0) is 30.9 Å². The van der Waals surface area contributed by atoms with Crippen molar-refractivity contribution in [2.45, 2.75) is 50.6 Å². The van der Waals surface area contributed by atoms with Crippen LogP contribution in [-0.4, -0.2) is 22.1 Å². The van der Waals surface area contributed by atoms with Crippen LogP contribution in [0.3, 0.4) is 0 Å². The van der Waals surface area contributed by atoms with Crippen molar-refractivity contribution in [3.63, 3.8) is 0 Å². The minimum Gasteiger partial charge on any atom is -0.392 e. The number of hydrogen-bond acceptors (Lipinski definition) is 2. The van der Waals surface area contributed by atoms with E-state index in [1.807, 2.05) is 25.1 Å². The normalized spacial score (nSPS) is 23.6. The summed E-state index contributed by atoms with van der Waals surface area (Å²) < 4.78 is 26.1. The van der Waals surface area contributed by atoms with Gasteiger partial charge >= 0.3 is 0 Å². The topological polar surface area (TPSA) is 33.1 Å². The van der Waals surface area contributed by atoms with Crippen molar-refractivity contribution in [2.24, 2.45) is 5.92 Å².